The molecule has 0 bridgehead atoms. The number of nitrogens with one attached hydrogen (secondary N) is 4. The molecule has 1 saturated heterocycles. The summed E-state index contributed by atoms with van der Waals surface area (Å²) in [5, 5.41) is 30.6. The van der Waals surface area contributed by atoms with Gasteiger partial charge in [0.1, 0.15) is 60.3 Å². The minimum atomic E-state index is -1.87. The van der Waals surface area contributed by atoms with Crippen LogP contribution in [0.5, 0.6) is 0 Å². The second-order valence-corrected chi connectivity index (χ2v) is 21.4. The number of carbonyl (C=O) groups is 9. The average molecular weight is 1150 g/mol. The second kappa shape index (κ2) is 27.2. The summed E-state index contributed by atoms with van der Waals surface area (Å²) in [6.07, 6.45) is -1.80. The Morgan fingerprint density at radius 3 is 2.16 bits per heavy atom. The number of amides is 9. The predicted octanol–water partition coefficient (Wildman–Crippen LogP) is 4.70. The minimum Gasteiger partial charge on any atom is -0.480 e. The zero-order chi connectivity index (χ0) is 60.3. The van der Waals surface area contributed by atoms with Crippen molar-refractivity contribution in [3.05, 3.63) is 119 Å². The first kappa shape index (κ1) is 62.5. The van der Waals surface area contributed by atoms with Crippen molar-refractivity contribution in [3.63, 3.8) is 0 Å². The van der Waals surface area contributed by atoms with E-state index in [1.54, 1.807) is 45.3 Å². The molecule has 2 aliphatic rings. The van der Waals surface area contributed by atoms with Gasteiger partial charge in [-0.15, -0.1) is 0 Å². The minimum absolute atomic E-state index is 0.00848. The highest BCUT2D eigenvalue weighted by Gasteiger charge is 2.45. The maximum absolute atomic E-state index is 16.2. The van der Waals surface area contributed by atoms with Gasteiger partial charge in [-0.2, -0.15) is 0 Å². The highest BCUT2D eigenvalue weighted by atomic mass is 19.1. The Balaban J connectivity index is 1.12. The van der Waals surface area contributed by atoms with Gasteiger partial charge in [0.25, 0.3) is 17.7 Å². The Morgan fingerprint density at radius 2 is 1.55 bits per heavy atom. The Hall–Kier alpha value is -8.68. The second-order valence-electron chi connectivity index (χ2n) is 21.4. The van der Waals surface area contributed by atoms with E-state index in [1.807, 2.05) is 0 Å². The number of nitrogens with two attached hydrogens (primary N) is 1. The van der Waals surface area contributed by atoms with Crippen LogP contribution < -0.4 is 27.0 Å². The smallest absolute Gasteiger partial charge is 0.410 e. The van der Waals surface area contributed by atoms with Crippen molar-refractivity contribution < 1.29 is 75.7 Å². The van der Waals surface area contributed by atoms with E-state index in [4.69, 9.17) is 15.5 Å². The summed E-state index contributed by atoms with van der Waals surface area (Å²) in [5.74, 6) is -10.4. The molecule has 0 radical (unpaired) electrons. The number of likely N-dealkylation sites (tertiary alicyclic amines) is 1. The number of anilines is 1. The molecule has 7 atom stereocenters. The molecule has 440 valence electrons. The van der Waals surface area contributed by atoms with Gasteiger partial charge in [0.15, 0.2) is 0 Å². The molecule has 8 N–H and O–H groups in total. The molecule has 3 heterocycles. The third-order valence-corrected chi connectivity index (χ3v) is 13.6. The number of aliphatic hydroxyl groups is 1. The van der Waals surface area contributed by atoms with Crippen LogP contribution in [0.25, 0.3) is 11.3 Å². The maximum atomic E-state index is 16.2. The first-order valence-electron chi connectivity index (χ1n) is 26.2. The topological polar surface area (TPSA) is 305 Å². The molecule has 22 nitrogen and oxygen atoms in total. The fourth-order valence-electron chi connectivity index (χ4n) is 9.54. The van der Waals surface area contributed by atoms with Crippen molar-refractivity contribution in [2.45, 2.75) is 110 Å². The lowest BCUT2D eigenvalue weighted by Crippen LogP contribution is -2.55. The number of carboxylic acid groups (broad SMARTS) is 1. The van der Waals surface area contributed by atoms with Gasteiger partial charge in [-0.3, -0.25) is 33.7 Å². The van der Waals surface area contributed by atoms with Crippen LogP contribution in [-0.2, 0) is 51.5 Å². The van der Waals surface area contributed by atoms with Crippen molar-refractivity contribution in [1.29, 1.82) is 0 Å². The number of aromatic nitrogens is 2. The number of nitrogens with zero attached hydrogens (tertiary/aromatic N) is 5. The zero-order valence-corrected chi connectivity index (χ0v) is 45.9. The van der Waals surface area contributed by atoms with Crippen LogP contribution in [-0.4, -0.2) is 145 Å². The van der Waals surface area contributed by atoms with Gasteiger partial charge in [0, 0.05) is 61.7 Å². The Bertz CT molecular complexity index is 3060. The molecule has 0 saturated carbocycles. The predicted molar refractivity (Wildman–Crippen MR) is 286 cm³/mol. The quantitative estimate of drug-likeness (QED) is 0.0285. The number of imide groups is 1. The van der Waals surface area contributed by atoms with E-state index in [0.717, 1.165) is 35.3 Å². The van der Waals surface area contributed by atoms with Gasteiger partial charge in [-0.25, -0.2) is 36.9 Å². The Morgan fingerprint density at radius 1 is 0.878 bits per heavy atom. The molecule has 2 aliphatic heterocycles. The third kappa shape index (κ3) is 16.2. The zero-order valence-electron chi connectivity index (χ0n) is 45.9. The van der Waals surface area contributed by atoms with Crippen LogP contribution in [0.15, 0.2) is 85.1 Å². The molecule has 6 rings (SSSR count). The first-order valence-corrected chi connectivity index (χ1v) is 26.2. The van der Waals surface area contributed by atoms with Crippen LogP contribution in [0.3, 0.4) is 0 Å². The number of carboxylic acids is 1. The van der Waals surface area contributed by atoms with E-state index in [-0.39, 0.29) is 68.4 Å². The Kier molecular flexibility index (Phi) is 20.7. The monoisotopic (exact) mass is 1150 g/mol. The van der Waals surface area contributed by atoms with Crippen LogP contribution >= 0.6 is 0 Å². The molecule has 3 aromatic carbocycles. The SMILES string of the molecule is CC(O)C(=O)N(CC1CN(C(=O)OCc2ccc(NC(=O)C(CCCNC(N)=O)NC(=O)C(NC(=O)CC(C(=O)O)N3C(=O)C=CC3=O)C(C)C)cc2)CC1F)C(c1nc(-c2cc(F)ccc2F)cn1Cc1cccc(F)c1)C(C)(C)C. The van der Waals surface area contributed by atoms with E-state index < -0.39 is 138 Å². The van der Waals surface area contributed by atoms with Crippen molar-refractivity contribution >= 4 is 59.2 Å². The maximum Gasteiger partial charge on any atom is 0.410 e. The van der Waals surface area contributed by atoms with E-state index >= 15 is 8.78 Å². The number of imidazole rings is 1. The number of aliphatic hydroxyl groups excluding tert-OH is 1. The standard InChI is InChI=1S/C56H66F4N10O12/c1-30(2)47(66-44(72)23-43(53(78)79)70-45(73)18-19-46(70)74)51(76)65-41(11-8-20-62-54(61)80)50(75)63-37-15-12-32(13-16-37)29-82-55(81)68-25-34(40(60)27-68)26-69(52(77)31(3)71)48(56(4,5)6)49-64-42(38-22-36(58)14-17-39(38)59)28-67(49)24-33-9-7-10-35(57)21-33/h7,9-10,12-19,21-22,28,30-31,34,40-41,43,47-48,71H,8,11,20,23-27,29H2,1-6H3,(H,63,75)(H,65,76)(H,66,72)(H,78,79)(H3,61,62,80). The van der Waals surface area contributed by atoms with Gasteiger partial charge >= 0.3 is 18.1 Å². The van der Waals surface area contributed by atoms with Gasteiger partial charge in [0.05, 0.1) is 24.7 Å². The molecule has 4 aromatic rings. The lowest BCUT2D eigenvalue weighted by molar-refractivity contribution is -0.154. The fraction of sp³-hybridized carbons (Fsp3) is 0.429. The van der Waals surface area contributed by atoms with Gasteiger partial charge in [0.2, 0.25) is 17.7 Å². The van der Waals surface area contributed by atoms with E-state index in [9.17, 15) is 62.1 Å². The first-order chi connectivity index (χ1) is 38.6. The number of rotatable bonds is 24. The van der Waals surface area contributed by atoms with Crippen molar-refractivity contribution in [2.24, 2.45) is 23.0 Å². The van der Waals surface area contributed by atoms with Crippen LogP contribution in [0, 0.1) is 34.7 Å². The van der Waals surface area contributed by atoms with E-state index in [0.29, 0.717) is 16.0 Å². The van der Waals surface area contributed by atoms with E-state index in [1.165, 1.54) is 60.5 Å². The lowest BCUT2D eigenvalue weighted by Gasteiger charge is -2.41. The number of carbonyl (C=O) groups excluding carboxylic acids is 8. The van der Waals surface area contributed by atoms with E-state index in [2.05, 4.69) is 21.3 Å². The van der Waals surface area contributed by atoms with Crippen LogP contribution in [0.1, 0.15) is 83.8 Å². The number of urea groups is 1. The van der Waals surface area contributed by atoms with Crippen molar-refractivity contribution in [3.8, 4) is 11.3 Å². The normalized spacial score (nSPS) is 17.0. The van der Waals surface area contributed by atoms with Gasteiger partial charge < -0.3 is 56.3 Å². The highest BCUT2D eigenvalue weighted by molar-refractivity contribution is 6.15. The molecule has 7 unspecified atom stereocenters. The summed E-state index contributed by atoms with van der Waals surface area (Å²) in [6.45, 7) is 8.38. The highest BCUT2D eigenvalue weighted by Crippen LogP contribution is 2.41. The molecule has 9 amide bonds. The molecule has 82 heavy (non-hydrogen) atoms. The number of hydrogen-bond acceptors (Lipinski definition) is 12. The summed E-state index contributed by atoms with van der Waals surface area (Å²) in [7, 11) is 0. The number of benzene rings is 3. The molecule has 1 fully saturated rings. The van der Waals surface area contributed by atoms with Crippen LogP contribution in [0.2, 0.25) is 0 Å². The molecule has 1 aromatic heterocycles. The van der Waals surface area contributed by atoms with Crippen molar-refractivity contribution in [1.82, 2.24) is 40.2 Å². The number of halogens is 4. The number of aliphatic carboxylic acids is 1. The van der Waals surface area contributed by atoms with Crippen LogP contribution in [0.4, 0.5) is 32.8 Å². The fourth-order valence-corrected chi connectivity index (χ4v) is 9.54. The molecular formula is C56H66F4N10O12. The number of ether oxygens (including phenoxy) is 1. The average Bonchev–Trinajstić information content (AvgIpc) is 3.21. The summed E-state index contributed by atoms with van der Waals surface area (Å²) in [5.41, 5.74) is 5.17. The summed E-state index contributed by atoms with van der Waals surface area (Å²) in [6, 6.07) is 8.12. The lowest BCUT2D eigenvalue weighted by atomic mass is 9.84. The molecular weight excluding hydrogens is 1080 g/mol. The largest absolute Gasteiger partial charge is 0.480 e. The summed E-state index contributed by atoms with van der Waals surface area (Å²) in [4.78, 5) is 123. The number of alkyl halides is 1. The summed E-state index contributed by atoms with van der Waals surface area (Å²) < 4.78 is 67.6. The molecule has 26 heteroatoms. The molecule has 0 aliphatic carbocycles. The van der Waals surface area contributed by atoms with Crippen molar-refractivity contribution in [2.75, 3.05) is 31.5 Å². The van der Waals surface area contributed by atoms with Gasteiger partial charge in [-0.1, -0.05) is 58.9 Å². The Labute approximate surface area is 469 Å². The summed E-state index contributed by atoms with van der Waals surface area (Å²) >= 11 is 0. The van der Waals surface area contributed by atoms with Gasteiger partial charge in [-0.05, 0) is 84.7 Å². The number of primary amides is 1. The molecule has 0 spiro atoms. The third-order valence-electron chi connectivity index (χ3n) is 13.6. The number of hydrogen-bond donors (Lipinski definition) is 7.